The van der Waals surface area contributed by atoms with Crippen LogP contribution in [0, 0.1) is 0 Å². The number of rotatable bonds is 6. The number of ketones is 1. The molecule has 1 amide bonds. The van der Waals surface area contributed by atoms with E-state index in [1.54, 1.807) is 18.2 Å². The minimum atomic E-state index is -3.23. The van der Waals surface area contributed by atoms with Crippen molar-refractivity contribution in [3.05, 3.63) is 51.3 Å². The Labute approximate surface area is 178 Å². The van der Waals surface area contributed by atoms with Gasteiger partial charge < -0.3 is 5.32 Å². The van der Waals surface area contributed by atoms with Gasteiger partial charge in [0.25, 0.3) is 5.91 Å². The van der Waals surface area contributed by atoms with Crippen LogP contribution in [-0.4, -0.2) is 60.0 Å². The fourth-order valence-corrected chi connectivity index (χ4v) is 4.74. The Bertz CT molecular complexity index is 1010. The third kappa shape index (κ3) is 5.16. The number of benzene rings is 1. The largest absolute Gasteiger partial charge is 0.348 e. The SMILES string of the molecule is CS(=O)(=O)N1CCC(NC(=O)c2[nH]ncc2CC(=O)c2c(Cl)cccc2Cl)CC1. The highest BCUT2D eigenvalue weighted by atomic mass is 35.5. The second-order valence-corrected chi connectivity index (χ2v) is 9.67. The van der Waals surface area contributed by atoms with E-state index in [4.69, 9.17) is 23.2 Å². The van der Waals surface area contributed by atoms with Crippen LogP contribution >= 0.6 is 23.2 Å². The number of aromatic nitrogens is 2. The van der Waals surface area contributed by atoms with Gasteiger partial charge in [0.1, 0.15) is 5.69 Å². The van der Waals surface area contributed by atoms with E-state index < -0.39 is 15.9 Å². The lowest BCUT2D eigenvalue weighted by Crippen LogP contribution is -2.46. The van der Waals surface area contributed by atoms with E-state index in [2.05, 4.69) is 15.5 Å². The highest BCUT2D eigenvalue weighted by molar-refractivity contribution is 7.88. The number of amides is 1. The third-order valence-electron chi connectivity index (χ3n) is 4.80. The fourth-order valence-electron chi connectivity index (χ4n) is 3.26. The van der Waals surface area contributed by atoms with Crippen molar-refractivity contribution in [2.45, 2.75) is 25.3 Å². The van der Waals surface area contributed by atoms with E-state index in [1.807, 2.05) is 0 Å². The van der Waals surface area contributed by atoms with Crippen molar-refractivity contribution < 1.29 is 18.0 Å². The predicted molar refractivity (Wildman–Crippen MR) is 110 cm³/mol. The lowest BCUT2D eigenvalue weighted by molar-refractivity contribution is 0.0918. The molecule has 1 aromatic heterocycles. The van der Waals surface area contributed by atoms with Crippen LogP contribution in [0.2, 0.25) is 10.0 Å². The molecule has 1 aromatic carbocycles. The molecule has 1 aliphatic heterocycles. The standard InChI is InChI=1S/C18H20Cl2N4O4S/c1-29(27,28)24-7-5-12(6-8-24)22-18(26)17-11(10-21-23-17)9-15(25)16-13(19)3-2-4-14(16)20/h2-4,10,12H,5-9H2,1H3,(H,21,23)(H,22,26). The van der Waals surface area contributed by atoms with Gasteiger partial charge in [-0.3, -0.25) is 14.7 Å². The Kier molecular flexibility index (Phi) is 6.62. The summed E-state index contributed by atoms with van der Waals surface area (Å²) in [6.45, 7) is 0.701. The zero-order chi connectivity index (χ0) is 21.2. The summed E-state index contributed by atoms with van der Waals surface area (Å²) in [6.07, 6.45) is 3.52. The number of carbonyl (C=O) groups excluding carboxylic acids is 2. The minimum absolute atomic E-state index is 0.0881. The Hall–Kier alpha value is -1.94. The Morgan fingerprint density at radius 2 is 1.86 bits per heavy atom. The summed E-state index contributed by atoms with van der Waals surface area (Å²) >= 11 is 12.2. The van der Waals surface area contributed by atoms with Crippen molar-refractivity contribution >= 4 is 44.9 Å². The van der Waals surface area contributed by atoms with Gasteiger partial charge in [0.2, 0.25) is 10.0 Å². The first kappa shape index (κ1) is 21.8. The number of Topliss-reactive ketones (excluding diaryl/α,β-unsaturated/α-hetero) is 1. The number of nitrogens with zero attached hydrogens (tertiary/aromatic N) is 2. The molecule has 1 aliphatic rings. The first-order valence-electron chi connectivity index (χ1n) is 8.92. The molecule has 0 radical (unpaired) electrons. The fraction of sp³-hybridized carbons (Fsp3) is 0.389. The molecule has 0 bridgehead atoms. The van der Waals surface area contributed by atoms with E-state index in [0.717, 1.165) is 0 Å². The number of hydrogen-bond acceptors (Lipinski definition) is 5. The zero-order valence-corrected chi connectivity index (χ0v) is 17.9. The van der Waals surface area contributed by atoms with E-state index in [9.17, 15) is 18.0 Å². The van der Waals surface area contributed by atoms with E-state index >= 15 is 0 Å². The van der Waals surface area contributed by atoms with Gasteiger partial charge in [-0.05, 0) is 25.0 Å². The maximum atomic E-state index is 12.6. The van der Waals surface area contributed by atoms with E-state index in [0.29, 0.717) is 31.5 Å². The summed E-state index contributed by atoms with van der Waals surface area (Å²) in [6, 6.07) is 4.64. The molecule has 11 heteroatoms. The number of halogens is 2. The summed E-state index contributed by atoms with van der Waals surface area (Å²) in [5.41, 5.74) is 0.820. The van der Waals surface area contributed by atoms with Gasteiger partial charge in [-0.1, -0.05) is 29.3 Å². The van der Waals surface area contributed by atoms with E-state index in [1.165, 1.54) is 16.8 Å². The monoisotopic (exact) mass is 458 g/mol. The van der Waals surface area contributed by atoms with Crippen molar-refractivity contribution in [2.75, 3.05) is 19.3 Å². The summed E-state index contributed by atoms with van der Waals surface area (Å²) in [4.78, 5) is 25.3. The van der Waals surface area contributed by atoms with Crippen LogP contribution < -0.4 is 5.32 Å². The summed E-state index contributed by atoms with van der Waals surface area (Å²) in [5.74, 6) is -0.717. The number of hydrogen-bond donors (Lipinski definition) is 2. The number of aromatic amines is 1. The molecule has 29 heavy (non-hydrogen) atoms. The summed E-state index contributed by atoms with van der Waals surface area (Å²) in [7, 11) is -3.23. The number of sulfonamides is 1. The summed E-state index contributed by atoms with van der Waals surface area (Å²) < 4.78 is 24.6. The van der Waals surface area contributed by atoms with Gasteiger partial charge in [0, 0.05) is 31.1 Å². The molecule has 156 valence electrons. The molecule has 0 atom stereocenters. The van der Waals surface area contributed by atoms with Crippen LogP contribution in [0.4, 0.5) is 0 Å². The van der Waals surface area contributed by atoms with Crippen LogP contribution in [0.3, 0.4) is 0 Å². The van der Waals surface area contributed by atoms with Gasteiger partial charge in [-0.2, -0.15) is 5.10 Å². The van der Waals surface area contributed by atoms with Crippen molar-refractivity contribution in [2.24, 2.45) is 0 Å². The molecule has 0 aliphatic carbocycles. The average molecular weight is 459 g/mol. The molecule has 2 aromatic rings. The predicted octanol–water partition coefficient (Wildman–Crippen LogP) is 2.30. The smallest absolute Gasteiger partial charge is 0.269 e. The number of carbonyl (C=O) groups is 2. The van der Waals surface area contributed by atoms with Crippen molar-refractivity contribution in [3.63, 3.8) is 0 Å². The van der Waals surface area contributed by atoms with Gasteiger partial charge in [0.15, 0.2) is 5.78 Å². The minimum Gasteiger partial charge on any atom is -0.348 e. The summed E-state index contributed by atoms with van der Waals surface area (Å²) in [5, 5.41) is 9.87. The Morgan fingerprint density at radius 3 is 2.45 bits per heavy atom. The first-order chi connectivity index (χ1) is 13.7. The van der Waals surface area contributed by atoms with Gasteiger partial charge in [-0.15, -0.1) is 0 Å². The van der Waals surface area contributed by atoms with Crippen molar-refractivity contribution in [1.29, 1.82) is 0 Å². The van der Waals surface area contributed by atoms with Crippen LogP contribution in [0.25, 0.3) is 0 Å². The van der Waals surface area contributed by atoms with Gasteiger partial charge >= 0.3 is 0 Å². The maximum Gasteiger partial charge on any atom is 0.269 e. The lowest BCUT2D eigenvalue weighted by atomic mass is 10.0. The van der Waals surface area contributed by atoms with Crippen LogP contribution in [0.1, 0.15) is 39.3 Å². The quantitative estimate of drug-likeness (QED) is 0.644. The van der Waals surface area contributed by atoms with Gasteiger partial charge in [-0.25, -0.2) is 12.7 Å². The van der Waals surface area contributed by atoms with Crippen LogP contribution in [0.5, 0.6) is 0 Å². The van der Waals surface area contributed by atoms with Crippen LogP contribution in [0.15, 0.2) is 24.4 Å². The normalized spacial score (nSPS) is 16.0. The molecule has 2 heterocycles. The molecule has 2 N–H and O–H groups in total. The van der Waals surface area contributed by atoms with Crippen molar-refractivity contribution in [1.82, 2.24) is 19.8 Å². The molecule has 8 nitrogen and oxygen atoms in total. The Morgan fingerprint density at radius 1 is 1.24 bits per heavy atom. The second-order valence-electron chi connectivity index (χ2n) is 6.88. The molecule has 0 saturated carbocycles. The third-order valence-corrected chi connectivity index (χ3v) is 6.73. The number of nitrogens with one attached hydrogen (secondary N) is 2. The molecular formula is C18H20Cl2N4O4S. The second kappa shape index (κ2) is 8.83. The maximum absolute atomic E-state index is 12.6. The average Bonchev–Trinajstić information content (AvgIpc) is 3.09. The highest BCUT2D eigenvalue weighted by Gasteiger charge is 2.27. The van der Waals surface area contributed by atoms with E-state index in [-0.39, 0.29) is 39.5 Å². The Balaban J connectivity index is 1.66. The molecular weight excluding hydrogens is 439 g/mol. The molecule has 1 saturated heterocycles. The first-order valence-corrected chi connectivity index (χ1v) is 11.5. The van der Waals surface area contributed by atoms with Gasteiger partial charge in [0.05, 0.1) is 28.1 Å². The molecule has 1 fully saturated rings. The number of H-pyrrole nitrogens is 1. The van der Waals surface area contributed by atoms with Crippen molar-refractivity contribution in [3.8, 4) is 0 Å². The molecule has 3 rings (SSSR count). The topological polar surface area (TPSA) is 112 Å². The van der Waals surface area contributed by atoms with Crippen LogP contribution in [-0.2, 0) is 16.4 Å². The zero-order valence-electron chi connectivity index (χ0n) is 15.6. The lowest BCUT2D eigenvalue weighted by Gasteiger charge is -2.30. The number of piperidine rings is 1. The molecule has 0 spiro atoms. The highest BCUT2D eigenvalue weighted by Crippen LogP contribution is 2.26. The molecule has 0 unspecified atom stereocenters.